The first-order valence-corrected chi connectivity index (χ1v) is 9.47. The van der Waals surface area contributed by atoms with Gasteiger partial charge in [-0.3, -0.25) is 9.59 Å². The van der Waals surface area contributed by atoms with E-state index >= 15 is 0 Å². The van der Waals surface area contributed by atoms with Crippen LogP contribution >= 0.6 is 11.3 Å². The zero-order valence-electron chi connectivity index (χ0n) is 16.7. The molecule has 1 N–H and O–H groups in total. The molecule has 3 aromatic rings. The van der Waals surface area contributed by atoms with Crippen LogP contribution in [0.2, 0.25) is 0 Å². The highest BCUT2D eigenvalue weighted by molar-refractivity contribution is 7.21. The Bertz CT molecular complexity index is 1060. The van der Waals surface area contributed by atoms with Gasteiger partial charge in [-0.05, 0) is 29.7 Å². The summed E-state index contributed by atoms with van der Waals surface area (Å²) < 4.78 is 22.3. The second-order valence-corrected chi connectivity index (χ2v) is 7.18. The number of amides is 1. The summed E-state index contributed by atoms with van der Waals surface area (Å²) in [6.45, 7) is 1.43. The fourth-order valence-corrected chi connectivity index (χ4v) is 4.11. The molecule has 0 saturated carbocycles. The molecular formula is C21H21NO6S. The molecule has 0 radical (unpaired) electrons. The van der Waals surface area contributed by atoms with Crippen LogP contribution in [0.1, 0.15) is 22.2 Å². The molecule has 7 nitrogen and oxygen atoms in total. The Morgan fingerprint density at radius 3 is 1.97 bits per heavy atom. The Labute approximate surface area is 172 Å². The minimum Gasteiger partial charge on any atom is -0.495 e. The Morgan fingerprint density at radius 2 is 1.45 bits per heavy atom. The van der Waals surface area contributed by atoms with Crippen molar-refractivity contribution in [3.05, 3.63) is 40.8 Å². The van der Waals surface area contributed by atoms with Crippen molar-refractivity contribution in [1.82, 2.24) is 0 Å². The third-order valence-electron chi connectivity index (χ3n) is 4.27. The minimum absolute atomic E-state index is 0.185. The van der Waals surface area contributed by atoms with E-state index in [-0.39, 0.29) is 11.7 Å². The first kappa shape index (κ1) is 20.5. The van der Waals surface area contributed by atoms with Crippen LogP contribution in [0.25, 0.3) is 10.1 Å². The maximum absolute atomic E-state index is 13.2. The standard InChI is InChI=1S/C21H21NO6S/c1-11(23)22-14-6-13-9-18(29-21(13)17(10-14)27-4)19(24)12-7-15(25-2)20(28-5)16(8-12)26-3/h6-10H,1-5H3,(H,22,23). The van der Waals surface area contributed by atoms with Gasteiger partial charge in [-0.25, -0.2) is 0 Å². The number of nitrogens with one attached hydrogen (secondary N) is 1. The molecule has 0 saturated heterocycles. The highest BCUT2D eigenvalue weighted by atomic mass is 32.1. The van der Waals surface area contributed by atoms with Crippen molar-refractivity contribution in [3.8, 4) is 23.0 Å². The third-order valence-corrected chi connectivity index (χ3v) is 5.44. The summed E-state index contributed by atoms with van der Waals surface area (Å²) >= 11 is 1.32. The molecule has 29 heavy (non-hydrogen) atoms. The molecule has 0 aliphatic rings. The molecule has 152 valence electrons. The molecule has 0 bridgehead atoms. The molecule has 0 atom stereocenters. The topological polar surface area (TPSA) is 83.1 Å². The number of ether oxygens (including phenoxy) is 4. The first-order chi connectivity index (χ1) is 13.9. The minimum atomic E-state index is -0.186. The lowest BCUT2D eigenvalue weighted by Crippen LogP contribution is -2.05. The van der Waals surface area contributed by atoms with Crippen LogP contribution in [0.3, 0.4) is 0 Å². The van der Waals surface area contributed by atoms with Crippen LogP contribution in [0.5, 0.6) is 23.0 Å². The zero-order valence-corrected chi connectivity index (χ0v) is 17.6. The van der Waals surface area contributed by atoms with Crippen molar-refractivity contribution < 1.29 is 28.5 Å². The molecule has 3 rings (SSSR count). The van der Waals surface area contributed by atoms with Crippen LogP contribution in [-0.2, 0) is 4.79 Å². The number of thiophene rings is 1. The van der Waals surface area contributed by atoms with E-state index in [0.29, 0.717) is 39.1 Å². The number of hydrogen-bond donors (Lipinski definition) is 1. The fourth-order valence-electron chi connectivity index (χ4n) is 3.01. The van der Waals surface area contributed by atoms with E-state index < -0.39 is 0 Å². The molecule has 0 spiro atoms. The maximum atomic E-state index is 13.2. The Hall–Kier alpha value is -3.26. The van der Waals surface area contributed by atoms with E-state index in [0.717, 1.165) is 10.1 Å². The summed E-state index contributed by atoms with van der Waals surface area (Å²) in [5, 5.41) is 3.54. The van der Waals surface area contributed by atoms with E-state index in [1.807, 2.05) is 6.07 Å². The van der Waals surface area contributed by atoms with Crippen molar-refractivity contribution >= 4 is 38.8 Å². The summed E-state index contributed by atoms with van der Waals surface area (Å²) in [5.74, 6) is 1.44. The summed E-state index contributed by atoms with van der Waals surface area (Å²) in [5.41, 5.74) is 1.01. The summed E-state index contributed by atoms with van der Waals surface area (Å²) in [7, 11) is 6.05. The monoisotopic (exact) mass is 415 g/mol. The maximum Gasteiger partial charge on any atom is 0.221 e. The van der Waals surface area contributed by atoms with Gasteiger partial charge in [0.1, 0.15) is 5.75 Å². The zero-order chi connectivity index (χ0) is 21.1. The second-order valence-electron chi connectivity index (χ2n) is 6.13. The lowest BCUT2D eigenvalue weighted by molar-refractivity contribution is -0.114. The fraction of sp³-hybridized carbons (Fsp3) is 0.238. The Morgan fingerprint density at radius 1 is 0.828 bits per heavy atom. The van der Waals surface area contributed by atoms with Gasteiger partial charge in [0, 0.05) is 24.2 Å². The van der Waals surface area contributed by atoms with Gasteiger partial charge in [-0.15, -0.1) is 11.3 Å². The number of hydrogen-bond acceptors (Lipinski definition) is 7. The Balaban J connectivity index is 2.09. The van der Waals surface area contributed by atoms with Crippen LogP contribution in [0, 0.1) is 0 Å². The van der Waals surface area contributed by atoms with Gasteiger partial charge in [0.05, 0.1) is 38.0 Å². The van der Waals surface area contributed by atoms with Gasteiger partial charge in [0.15, 0.2) is 11.5 Å². The number of benzene rings is 2. The van der Waals surface area contributed by atoms with E-state index in [9.17, 15) is 9.59 Å². The van der Waals surface area contributed by atoms with Crippen molar-refractivity contribution in [2.45, 2.75) is 6.92 Å². The number of ketones is 1. The van der Waals surface area contributed by atoms with Gasteiger partial charge < -0.3 is 24.3 Å². The van der Waals surface area contributed by atoms with Crippen molar-refractivity contribution in [3.63, 3.8) is 0 Å². The molecule has 1 aromatic heterocycles. The van der Waals surface area contributed by atoms with Crippen molar-refractivity contribution in [2.24, 2.45) is 0 Å². The van der Waals surface area contributed by atoms with Crippen LogP contribution < -0.4 is 24.3 Å². The first-order valence-electron chi connectivity index (χ1n) is 8.65. The lowest BCUT2D eigenvalue weighted by atomic mass is 10.1. The number of rotatable bonds is 7. The number of fused-ring (bicyclic) bond motifs is 1. The SMILES string of the molecule is COc1cc(C(=O)c2cc3cc(NC(C)=O)cc(OC)c3s2)cc(OC)c1OC. The molecule has 1 amide bonds. The smallest absolute Gasteiger partial charge is 0.221 e. The number of carbonyl (C=O) groups excluding carboxylic acids is 2. The van der Waals surface area contributed by atoms with Gasteiger partial charge in [0.25, 0.3) is 0 Å². The number of carbonyl (C=O) groups is 2. The van der Waals surface area contributed by atoms with Gasteiger partial charge >= 0.3 is 0 Å². The van der Waals surface area contributed by atoms with E-state index in [1.54, 1.807) is 31.4 Å². The highest BCUT2D eigenvalue weighted by Gasteiger charge is 2.20. The number of methoxy groups -OCH3 is 4. The van der Waals surface area contributed by atoms with Crippen LogP contribution in [0.15, 0.2) is 30.3 Å². The van der Waals surface area contributed by atoms with Crippen LogP contribution in [-0.4, -0.2) is 40.1 Å². The van der Waals surface area contributed by atoms with Gasteiger partial charge in [-0.2, -0.15) is 0 Å². The molecular weight excluding hydrogens is 394 g/mol. The van der Waals surface area contributed by atoms with E-state index in [1.165, 1.54) is 39.6 Å². The normalized spacial score (nSPS) is 10.5. The highest BCUT2D eigenvalue weighted by Crippen LogP contribution is 2.41. The molecule has 0 aliphatic heterocycles. The quantitative estimate of drug-likeness (QED) is 0.585. The third kappa shape index (κ3) is 3.97. The largest absolute Gasteiger partial charge is 0.495 e. The van der Waals surface area contributed by atoms with Gasteiger partial charge in [0.2, 0.25) is 17.4 Å². The predicted octanol–water partition coefficient (Wildman–Crippen LogP) is 4.13. The Kier molecular flexibility index (Phi) is 5.93. The summed E-state index contributed by atoms with van der Waals surface area (Å²) in [4.78, 5) is 25.1. The van der Waals surface area contributed by atoms with Gasteiger partial charge in [-0.1, -0.05) is 0 Å². The van der Waals surface area contributed by atoms with Crippen LogP contribution in [0.4, 0.5) is 5.69 Å². The second kappa shape index (κ2) is 8.40. The lowest BCUT2D eigenvalue weighted by Gasteiger charge is -2.13. The molecule has 0 aliphatic carbocycles. The predicted molar refractivity (Wildman–Crippen MR) is 112 cm³/mol. The van der Waals surface area contributed by atoms with E-state index in [4.69, 9.17) is 18.9 Å². The summed E-state index contributed by atoms with van der Waals surface area (Å²) in [6.07, 6.45) is 0. The average Bonchev–Trinajstić information content (AvgIpc) is 3.14. The average molecular weight is 415 g/mol. The molecule has 0 fully saturated rings. The summed E-state index contributed by atoms with van der Waals surface area (Å²) in [6, 6.07) is 8.55. The number of anilines is 1. The van der Waals surface area contributed by atoms with E-state index in [2.05, 4.69) is 5.32 Å². The van der Waals surface area contributed by atoms with Crippen molar-refractivity contribution in [1.29, 1.82) is 0 Å². The molecule has 1 heterocycles. The molecule has 0 unspecified atom stereocenters. The molecule has 8 heteroatoms. The van der Waals surface area contributed by atoms with Crippen molar-refractivity contribution in [2.75, 3.05) is 33.8 Å². The molecule has 2 aromatic carbocycles.